The summed E-state index contributed by atoms with van der Waals surface area (Å²) in [5.74, 6) is 3.41. The summed E-state index contributed by atoms with van der Waals surface area (Å²) in [5, 5.41) is 3.66. The fraction of sp³-hybridized carbons (Fsp3) is 0.867. The van der Waals surface area contributed by atoms with Gasteiger partial charge in [0.25, 0.3) is 0 Å². The van der Waals surface area contributed by atoms with Crippen molar-refractivity contribution in [2.45, 2.75) is 40.0 Å². The van der Waals surface area contributed by atoms with Crippen LogP contribution in [0.1, 0.15) is 40.0 Å². The highest BCUT2D eigenvalue weighted by molar-refractivity contribution is 5.23. The van der Waals surface area contributed by atoms with Crippen LogP contribution in [0.4, 0.5) is 0 Å². The zero-order chi connectivity index (χ0) is 11.3. The molecular weight excluding hydrogens is 194 g/mol. The maximum atomic E-state index is 3.66. The van der Waals surface area contributed by atoms with Gasteiger partial charge in [-0.05, 0) is 54.9 Å². The van der Waals surface area contributed by atoms with Gasteiger partial charge >= 0.3 is 0 Å². The third kappa shape index (κ3) is 1.40. The molecule has 0 amide bonds. The first kappa shape index (κ1) is 10.8. The maximum Gasteiger partial charge on any atom is 0.00146 e. The van der Waals surface area contributed by atoms with Gasteiger partial charge < -0.3 is 5.32 Å². The van der Waals surface area contributed by atoms with Crippen molar-refractivity contribution in [2.24, 2.45) is 29.1 Å². The predicted molar refractivity (Wildman–Crippen MR) is 68.2 cm³/mol. The standard InChI is InChI=1S/C15H25N/c1-10(2)15-6-12-4-14(11(15)3)5-13(7-15)9-16-8-12/h4,10-13,16H,5-9H2,1-3H3. The summed E-state index contributed by atoms with van der Waals surface area (Å²) in [5.41, 5.74) is 2.42. The topological polar surface area (TPSA) is 12.0 Å². The van der Waals surface area contributed by atoms with Gasteiger partial charge in [-0.25, -0.2) is 0 Å². The number of nitrogens with one attached hydrogen (secondary N) is 1. The molecule has 0 aromatic rings. The van der Waals surface area contributed by atoms with Crippen molar-refractivity contribution in [3.63, 3.8) is 0 Å². The van der Waals surface area contributed by atoms with E-state index in [2.05, 4.69) is 32.2 Å². The molecule has 2 aliphatic heterocycles. The van der Waals surface area contributed by atoms with E-state index in [-0.39, 0.29) is 0 Å². The SMILES string of the molecule is CC(C)C12CC3C=C(CC(CNC3)C1)C2C. The first-order chi connectivity index (χ1) is 7.62. The van der Waals surface area contributed by atoms with Gasteiger partial charge in [0.05, 0.1) is 0 Å². The minimum atomic E-state index is 0.625. The average Bonchev–Trinajstić information content (AvgIpc) is 2.13. The maximum absolute atomic E-state index is 3.66. The molecule has 1 heteroatoms. The minimum Gasteiger partial charge on any atom is -0.316 e. The molecule has 2 fully saturated rings. The Morgan fingerprint density at radius 1 is 1.31 bits per heavy atom. The Hall–Kier alpha value is -0.300. The fourth-order valence-corrected chi connectivity index (χ4v) is 4.71. The van der Waals surface area contributed by atoms with Crippen LogP contribution < -0.4 is 5.32 Å². The largest absolute Gasteiger partial charge is 0.316 e. The van der Waals surface area contributed by atoms with Crippen LogP contribution >= 0.6 is 0 Å². The van der Waals surface area contributed by atoms with E-state index in [4.69, 9.17) is 0 Å². The lowest BCUT2D eigenvalue weighted by Crippen LogP contribution is -2.50. The van der Waals surface area contributed by atoms with Crippen LogP contribution in [-0.2, 0) is 0 Å². The minimum absolute atomic E-state index is 0.625. The molecule has 16 heavy (non-hydrogen) atoms. The van der Waals surface area contributed by atoms with Gasteiger partial charge in [-0.3, -0.25) is 0 Å². The lowest BCUT2D eigenvalue weighted by Gasteiger charge is -2.55. The van der Waals surface area contributed by atoms with Crippen molar-refractivity contribution >= 4 is 0 Å². The number of rotatable bonds is 1. The molecule has 1 nitrogen and oxygen atoms in total. The van der Waals surface area contributed by atoms with Crippen molar-refractivity contribution in [1.82, 2.24) is 5.32 Å². The molecule has 4 rings (SSSR count). The Balaban J connectivity index is 2.04. The van der Waals surface area contributed by atoms with Gasteiger partial charge in [0.1, 0.15) is 0 Å². The van der Waals surface area contributed by atoms with Gasteiger partial charge in [-0.15, -0.1) is 0 Å². The van der Waals surface area contributed by atoms with Crippen molar-refractivity contribution in [3.8, 4) is 0 Å². The molecular formula is C15H25N. The molecule has 1 N–H and O–H groups in total. The van der Waals surface area contributed by atoms with Gasteiger partial charge in [0.2, 0.25) is 0 Å². The molecule has 2 aliphatic carbocycles. The summed E-state index contributed by atoms with van der Waals surface area (Å²) < 4.78 is 0. The summed E-state index contributed by atoms with van der Waals surface area (Å²) in [7, 11) is 0. The zero-order valence-corrected chi connectivity index (χ0v) is 10.9. The van der Waals surface area contributed by atoms with Crippen molar-refractivity contribution in [3.05, 3.63) is 11.6 Å². The quantitative estimate of drug-likeness (QED) is 0.668. The third-order valence-electron chi connectivity index (χ3n) is 5.69. The van der Waals surface area contributed by atoms with Gasteiger partial charge in [0.15, 0.2) is 0 Å². The van der Waals surface area contributed by atoms with E-state index >= 15 is 0 Å². The van der Waals surface area contributed by atoms with E-state index in [0.717, 1.165) is 23.7 Å². The average molecular weight is 219 g/mol. The van der Waals surface area contributed by atoms with Crippen molar-refractivity contribution in [1.29, 1.82) is 0 Å². The zero-order valence-electron chi connectivity index (χ0n) is 10.9. The Kier molecular flexibility index (Phi) is 2.43. The second kappa shape index (κ2) is 3.60. The van der Waals surface area contributed by atoms with Crippen LogP contribution in [0.5, 0.6) is 0 Å². The van der Waals surface area contributed by atoms with Gasteiger partial charge in [-0.1, -0.05) is 32.4 Å². The molecule has 4 bridgehead atoms. The molecule has 1 saturated heterocycles. The van der Waals surface area contributed by atoms with E-state index in [1.165, 1.54) is 32.4 Å². The van der Waals surface area contributed by atoms with Crippen LogP contribution in [0.3, 0.4) is 0 Å². The summed E-state index contributed by atoms with van der Waals surface area (Å²) in [6.45, 7) is 9.88. The number of allylic oxidation sites excluding steroid dienone is 1. The Morgan fingerprint density at radius 2 is 2.12 bits per heavy atom. The number of hydrogen-bond donors (Lipinski definition) is 1. The van der Waals surface area contributed by atoms with E-state index < -0.39 is 0 Å². The second-order valence-corrected chi connectivity index (χ2v) is 6.75. The molecule has 0 aromatic carbocycles. The fourth-order valence-electron chi connectivity index (χ4n) is 4.71. The van der Waals surface area contributed by atoms with E-state index in [0.29, 0.717) is 5.41 Å². The van der Waals surface area contributed by atoms with E-state index in [1.807, 2.05) is 0 Å². The molecule has 2 heterocycles. The van der Waals surface area contributed by atoms with Crippen LogP contribution in [0, 0.1) is 29.1 Å². The highest BCUT2D eigenvalue weighted by Crippen LogP contribution is 2.57. The molecule has 0 spiro atoms. The molecule has 0 radical (unpaired) electrons. The van der Waals surface area contributed by atoms with Crippen LogP contribution in [-0.4, -0.2) is 13.1 Å². The van der Waals surface area contributed by atoms with Crippen LogP contribution in [0.15, 0.2) is 11.6 Å². The molecule has 4 unspecified atom stereocenters. The molecule has 4 aliphatic rings. The van der Waals surface area contributed by atoms with Crippen LogP contribution in [0.2, 0.25) is 0 Å². The first-order valence-electron chi connectivity index (χ1n) is 7.03. The molecule has 1 saturated carbocycles. The monoisotopic (exact) mass is 219 g/mol. The lowest BCUT2D eigenvalue weighted by atomic mass is 9.51. The van der Waals surface area contributed by atoms with E-state index in [9.17, 15) is 0 Å². The highest BCUT2D eigenvalue weighted by Gasteiger charge is 2.49. The Bertz CT molecular complexity index is 317. The Morgan fingerprint density at radius 3 is 2.88 bits per heavy atom. The highest BCUT2D eigenvalue weighted by atomic mass is 14.9. The number of fused-ring (bicyclic) bond motifs is 2. The van der Waals surface area contributed by atoms with Gasteiger partial charge in [-0.2, -0.15) is 0 Å². The summed E-state index contributed by atoms with van der Waals surface area (Å²) in [6.07, 6.45) is 6.88. The predicted octanol–water partition coefficient (Wildman–Crippen LogP) is 3.22. The smallest absolute Gasteiger partial charge is 0.00146 e. The molecule has 90 valence electrons. The third-order valence-corrected chi connectivity index (χ3v) is 5.69. The lowest BCUT2D eigenvalue weighted by molar-refractivity contribution is 0.0118. The van der Waals surface area contributed by atoms with E-state index in [1.54, 1.807) is 5.57 Å². The normalized spacial score (nSPS) is 46.8. The summed E-state index contributed by atoms with van der Waals surface area (Å²) >= 11 is 0. The van der Waals surface area contributed by atoms with Gasteiger partial charge in [0, 0.05) is 6.54 Å². The van der Waals surface area contributed by atoms with Crippen molar-refractivity contribution in [2.75, 3.05) is 13.1 Å². The molecule has 0 aromatic heterocycles. The summed E-state index contributed by atoms with van der Waals surface area (Å²) in [4.78, 5) is 0. The molecule has 4 atom stereocenters. The second-order valence-electron chi connectivity index (χ2n) is 6.75. The van der Waals surface area contributed by atoms with Crippen LogP contribution in [0.25, 0.3) is 0 Å². The summed E-state index contributed by atoms with van der Waals surface area (Å²) in [6, 6.07) is 0. The van der Waals surface area contributed by atoms with Crippen molar-refractivity contribution < 1.29 is 0 Å². The Labute approximate surface area is 99.7 Å². The first-order valence-corrected chi connectivity index (χ1v) is 7.03. The number of hydrogen-bond acceptors (Lipinski definition) is 1.